The molecule has 19 heavy (non-hydrogen) atoms. The van der Waals surface area contributed by atoms with Crippen LogP contribution in [0.5, 0.6) is 0 Å². The summed E-state index contributed by atoms with van der Waals surface area (Å²) in [4.78, 5) is 10.7. The van der Waals surface area contributed by atoms with Crippen molar-refractivity contribution in [1.82, 2.24) is 0 Å². The van der Waals surface area contributed by atoms with Crippen molar-refractivity contribution in [2.75, 3.05) is 0 Å². The predicted molar refractivity (Wildman–Crippen MR) is 58.0 cm³/mol. The minimum atomic E-state index is -4.87. The van der Waals surface area contributed by atoms with Crippen LogP contribution >= 0.6 is 11.8 Å². The van der Waals surface area contributed by atoms with Gasteiger partial charge < -0.3 is 0 Å². The van der Waals surface area contributed by atoms with Gasteiger partial charge in [0.05, 0.1) is 5.56 Å². The fraction of sp³-hybridized carbons (Fsp3) is 0.364. The SMILES string of the molecule is CCC(=O)c1ccc(SC(F)(F)F)cc1C(F)(F)F. The average Bonchev–Trinajstić information content (AvgIpc) is 2.24. The van der Waals surface area contributed by atoms with Crippen molar-refractivity contribution in [2.24, 2.45) is 0 Å². The zero-order valence-corrected chi connectivity index (χ0v) is 10.3. The minimum Gasteiger partial charge on any atom is -0.294 e. The molecular formula is C11H8F6OS. The van der Waals surface area contributed by atoms with E-state index in [4.69, 9.17) is 0 Å². The lowest BCUT2D eigenvalue weighted by atomic mass is 10.0. The number of thioether (sulfide) groups is 1. The highest BCUT2D eigenvalue weighted by Crippen LogP contribution is 2.40. The zero-order valence-electron chi connectivity index (χ0n) is 9.52. The van der Waals surface area contributed by atoms with Crippen molar-refractivity contribution < 1.29 is 31.1 Å². The molecule has 1 nitrogen and oxygen atoms in total. The van der Waals surface area contributed by atoms with E-state index < -0.39 is 45.3 Å². The number of ketones is 1. The molecule has 8 heteroatoms. The number of carbonyl (C=O) groups is 1. The van der Waals surface area contributed by atoms with Crippen molar-refractivity contribution in [1.29, 1.82) is 0 Å². The highest BCUT2D eigenvalue weighted by Gasteiger charge is 2.36. The second-order valence-corrected chi connectivity index (χ2v) is 4.67. The Labute approximate surface area is 109 Å². The summed E-state index contributed by atoms with van der Waals surface area (Å²) in [5.41, 5.74) is -6.63. The van der Waals surface area contributed by atoms with Crippen molar-refractivity contribution in [2.45, 2.75) is 29.9 Å². The zero-order chi connectivity index (χ0) is 14.8. The summed E-state index contributed by atoms with van der Waals surface area (Å²) >= 11 is -0.652. The van der Waals surface area contributed by atoms with Crippen LogP contribution in [0.2, 0.25) is 0 Å². The molecule has 1 rings (SSSR count). The summed E-state index contributed by atoms with van der Waals surface area (Å²) in [6, 6.07) is 1.99. The molecule has 0 bridgehead atoms. The molecular weight excluding hydrogens is 294 g/mol. The van der Waals surface area contributed by atoms with E-state index in [1.54, 1.807) is 0 Å². The molecule has 0 aromatic heterocycles. The molecule has 0 aliphatic rings. The maximum atomic E-state index is 12.7. The summed E-state index contributed by atoms with van der Waals surface area (Å²) in [6.45, 7) is 1.38. The van der Waals surface area contributed by atoms with E-state index >= 15 is 0 Å². The van der Waals surface area contributed by atoms with Gasteiger partial charge in [0.2, 0.25) is 0 Å². The van der Waals surface area contributed by atoms with Gasteiger partial charge in [0, 0.05) is 16.9 Å². The van der Waals surface area contributed by atoms with Crippen molar-refractivity contribution in [3.8, 4) is 0 Å². The molecule has 0 spiro atoms. The number of hydrogen-bond acceptors (Lipinski definition) is 2. The van der Waals surface area contributed by atoms with Gasteiger partial charge in [0.25, 0.3) is 0 Å². The van der Waals surface area contributed by atoms with E-state index in [2.05, 4.69) is 0 Å². The Morgan fingerprint density at radius 3 is 2.16 bits per heavy atom. The van der Waals surface area contributed by atoms with Gasteiger partial charge in [-0.05, 0) is 30.0 Å². The molecule has 0 heterocycles. The number of benzene rings is 1. The molecule has 0 fully saturated rings. The quantitative estimate of drug-likeness (QED) is 0.448. The van der Waals surface area contributed by atoms with Gasteiger partial charge in [-0.25, -0.2) is 0 Å². The molecule has 0 atom stereocenters. The maximum Gasteiger partial charge on any atom is 0.446 e. The van der Waals surface area contributed by atoms with Crippen LogP contribution in [0.3, 0.4) is 0 Å². The summed E-state index contributed by atoms with van der Waals surface area (Å²) in [6.07, 6.45) is -5.03. The third kappa shape index (κ3) is 4.45. The van der Waals surface area contributed by atoms with Crippen molar-refractivity contribution >= 4 is 17.5 Å². The lowest BCUT2D eigenvalue weighted by Crippen LogP contribution is -2.13. The monoisotopic (exact) mass is 302 g/mol. The molecule has 0 amide bonds. The average molecular weight is 302 g/mol. The van der Waals surface area contributed by atoms with Crippen LogP contribution < -0.4 is 0 Å². The first kappa shape index (κ1) is 15.9. The standard InChI is InChI=1S/C11H8F6OS/c1-2-9(18)7-4-3-6(19-11(15,16)17)5-8(7)10(12,13)14/h3-5H,2H2,1H3. The molecule has 1 aromatic rings. The van der Waals surface area contributed by atoms with Crippen LogP contribution in [0.4, 0.5) is 26.3 Å². The summed E-state index contributed by atoms with van der Waals surface area (Å²) < 4.78 is 74.5. The van der Waals surface area contributed by atoms with Crippen LogP contribution in [-0.4, -0.2) is 11.3 Å². The van der Waals surface area contributed by atoms with Crippen LogP contribution in [0.15, 0.2) is 23.1 Å². The van der Waals surface area contributed by atoms with Crippen molar-refractivity contribution in [3.63, 3.8) is 0 Å². The topological polar surface area (TPSA) is 17.1 Å². The third-order valence-corrected chi connectivity index (χ3v) is 2.87. The van der Waals surface area contributed by atoms with Gasteiger partial charge in [0.15, 0.2) is 5.78 Å². The predicted octanol–water partition coefficient (Wildman–Crippen LogP) is 4.91. The highest BCUT2D eigenvalue weighted by molar-refractivity contribution is 8.00. The normalized spacial score (nSPS) is 12.6. The van der Waals surface area contributed by atoms with Gasteiger partial charge in [-0.2, -0.15) is 26.3 Å². The molecule has 0 saturated heterocycles. The van der Waals surface area contributed by atoms with Gasteiger partial charge in [-0.3, -0.25) is 4.79 Å². The van der Waals surface area contributed by atoms with E-state index in [0.717, 1.165) is 12.1 Å². The maximum absolute atomic E-state index is 12.7. The van der Waals surface area contributed by atoms with Gasteiger partial charge in [-0.1, -0.05) is 6.92 Å². The summed E-state index contributed by atoms with van der Waals surface area (Å²) in [7, 11) is 0. The lowest BCUT2D eigenvalue weighted by molar-refractivity contribution is -0.138. The summed E-state index contributed by atoms with van der Waals surface area (Å²) in [5, 5.41) is 0. The number of alkyl halides is 6. The molecule has 1 aromatic carbocycles. The molecule has 0 radical (unpaired) electrons. The first-order valence-electron chi connectivity index (χ1n) is 5.04. The number of rotatable bonds is 3. The first-order valence-corrected chi connectivity index (χ1v) is 5.86. The Balaban J connectivity index is 3.28. The minimum absolute atomic E-state index is 0.158. The van der Waals surface area contributed by atoms with Crippen LogP contribution in [-0.2, 0) is 6.18 Å². The fourth-order valence-corrected chi connectivity index (χ4v) is 1.97. The lowest BCUT2D eigenvalue weighted by Gasteiger charge is -2.14. The molecule has 0 aliphatic heterocycles. The smallest absolute Gasteiger partial charge is 0.294 e. The number of carbonyl (C=O) groups excluding carboxylic acids is 1. The Bertz CT molecular complexity index is 477. The molecule has 0 saturated carbocycles. The van der Waals surface area contributed by atoms with Crippen molar-refractivity contribution in [3.05, 3.63) is 29.3 Å². The molecule has 106 valence electrons. The number of Topliss-reactive ketones (excluding diaryl/α,β-unsaturated/α-hetero) is 1. The van der Waals surface area contributed by atoms with Crippen LogP contribution in [0, 0.1) is 0 Å². The second kappa shape index (κ2) is 5.44. The van der Waals surface area contributed by atoms with E-state index in [0.29, 0.717) is 6.07 Å². The van der Waals surface area contributed by atoms with Crippen LogP contribution in [0.25, 0.3) is 0 Å². The van der Waals surface area contributed by atoms with E-state index in [1.807, 2.05) is 0 Å². The molecule has 0 aliphatic carbocycles. The molecule has 0 unspecified atom stereocenters. The Morgan fingerprint density at radius 1 is 1.16 bits per heavy atom. The number of halogens is 6. The second-order valence-electron chi connectivity index (χ2n) is 3.53. The van der Waals surface area contributed by atoms with Gasteiger partial charge in [0.1, 0.15) is 0 Å². The third-order valence-electron chi connectivity index (χ3n) is 2.15. The van der Waals surface area contributed by atoms with E-state index in [-0.39, 0.29) is 6.42 Å². The first-order chi connectivity index (χ1) is 8.54. The van der Waals surface area contributed by atoms with Crippen LogP contribution in [0.1, 0.15) is 29.3 Å². The van der Waals surface area contributed by atoms with Gasteiger partial charge in [-0.15, -0.1) is 0 Å². The van der Waals surface area contributed by atoms with E-state index in [1.165, 1.54) is 6.92 Å². The van der Waals surface area contributed by atoms with E-state index in [9.17, 15) is 31.1 Å². The van der Waals surface area contributed by atoms with Gasteiger partial charge >= 0.3 is 11.7 Å². The Hall–Kier alpha value is -1.18. The fourth-order valence-electron chi connectivity index (χ4n) is 1.39. The Morgan fingerprint density at radius 2 is 1.74 bits per heavy atom. The Kier molecular flexibility index (Phi) is 4.54. The molecule has 0 N–H and O–H groups in total. The number of hydrogen-bond donors (Lipinski definition) is 0. The summed E-state index contributed by atoms with van der Waals surface area (Å²) in [5.74, 6) is -0.768. The highest BCUT2D eigenvalue weighted by atomic mass is 32.2. The largest absolute Gasteiger partial charge is 0.446 e.